The Morgan fingerprint density at radius 3 is 2.47 bits per heavy atom. The minimum absolute atomic E-state index is 0.000521. The molecule has 5 rings (SSSR count). The van der Waals surface area contributed by atoms with Crippen molar-refractivity contribution in [1.29, 1.82) is 0 Å². The summed E-state index contributed by atoms with van der Waals surface area (Å²) in [5.74, 6) is 0.360. The number of hydrogen-bond acceptors (Lipinski definition) is 6. The van der Waals surface area contributed by atoms with E-state index < -0.39 is 6.29 Å². The van der Waals surface area contributed by atoms with Crippen molar-refractivity contribution in [1.82, 2.24) is 10.3 Å². The SMILES string of the molecule is O=C(NCC1OCCO1)c1cc(Nc2ccccc2)cc(-c2ccnc(NC(=O)C3CC3)c2)c1. The van der Waals surface area contributed by atoms with Gasteiger partial charge in [-0.05, 0) is 66.4 Å². The van der Waals surface area contributed by atoms with Crippen LogP contribution >= 0.6 is 0 Å². The maximum Gasteiger partial charge on any atom is 0.251 e. The molecule has 34 heavy (non-hydrogen) atoms. The molecule has 0 bridgehead atoms. The number of hydrogen-bond donors (Lipinski definition) is 3. The van der Waals surface area contributed by atoms with E-state index in [2.05, 4.69) is 20.9 Å². The molecule has 1 aromatic heterocycles. The minimum Gasteiger partial charge on any atom is -0.355 e. The van der Waals surface area contributed by atoms with Gasteiger partial charge >= 0.3 is 0 Å². The monoisotopic (exact) mass is 458 g/mol. The summed E-state index contributed by atoms with van der Waals surface area (Å²) in [5, 5.41) is 9.13. The second-order valence-electron chi connectivity index (χ2n) is 8.36. The summed E-state index contributed by atoms with van der Waals surface area (Å²) in [4.78, 5) is 29.4. The number of amides is 2. The van der Waals surface area contributed by atoms with Gasteiger partial charge in [0.1, 0.15) is 5.82 Å². The molecular weight excluding hydrogens is 432 g/mol. The predicted molar refractivity (Wildman–Crippen MR) is 129 cm³/mol. The van der Waals surface area contributed by atoms with Gasteiger partial charge in [0.25, 0.3) is 5.91 Å². The average Bonchev–Trinajstić information content (AvgIpc) is 3.59. The number of anilines is 3. The summed E-state index contributed by atoms with van der Waals surface area (Å²) in [5.41, 5.74) is 3.83. The lowest BCUT2D eigenvalue weighted by Crippen LogP contribution is -2.32. The summed E-state index contributed by atoms with van der Waals surface area (Å²) in [6, 6.07) is 19.0. The standard InChI is InChI=1S/C26H26N4O4/c31-25(28-16-24-33-10-11-34-24)20-12-19(13-22(14-20)29-21-4-2-1-3-5-21)18-8-9-27-23(15-18)30-26(32)17-6-7-17/h1-5,8-9,12-15,17,24,29H,6-7,10-11,16H2,(H,28,31)(H,27,30,32). The lowest BCUT2D eigenvalue weighted by molar-refractivity contribution is -0.117. The van der Waals surface area contributed by atoms with E-state index in [1.165, 1.54) is 0 Å². The van der Waals surface area contributed by atoms with E-state index in [9.17, 15) is 9.59 Å². The molecule has 174 valence electrons. The van der Waals surface area contributed by atoms with Crippen LogP contribution in [0.1, 0.15) is 23.2 Å². The van der Waals surface area contributed by atoms with Crippen LogP contribution in [-0.4, -0.2) is 42.8 Å². The molecule has 0 radical (unpaired) electrons. The van der Waals surface area contributed by atoms with Gasteiger partial charge < -0.3 is 25.4 Å². The van der Waals surface area contributed by atoms with Crippen molar-refractivity contribution in [2.45, 2.75) is 19.1 Å². The molecule has 0 spiro atoms. The number of ether oxygens (including phenoxy) is 2. The molecule has 1 aliphatic carbocycles. The second-order valence-corrected chi connectivity index (χ2v) is 8.36. The molecule has 2 amide bonds. The van der Waals surface area contributed by atoms with Crippen molar-refractivity contribution in [2.75, 3.05) is 30.4 Å². The summed E-state index contributed by atoms with van der Waals surface area (Å²) in [7, 11) is 0. The van der Waals surface area contributed by atoms with Gasteiger partial charge in [-0.1, -0.05) is 18.2 Å². The molecule has 1 saturated carbocycles. The van der Waals surface area contributed by atoms with Gasteiger partial charge in [-0.25, -0.2) is 4.98 Å². The first-order chi connectivity index (χ1) is 16.6. The van der Waals surface area contributed by atoms with E-state index >= 15 is 0 Å². The normalized spacial score (nSPS) is 15.6. The van der Waals surface area contributed by atoms with Gasteiger partial charge in [-0.15, -0.1) is 0 Å². The predicted octanol–water partition coefficient (Wildman–Crippen LogP) is 3.94. The lowest BCUT2D eigenvalue weighted by atomic mass is 10.0. The van der Waals surface area contributed by atoms with Gasteiger partial charge in [0.2, 0.25) is 5.91 Å². The molecule has 1 saturated heterocycles. The largest absolute Gasteiger partial charge is 0.355 e. The molecule has 1 aliphatic heterocycles. The van der Waals surface area contributed by atoms with Crippen LogP contribution in [0.25, 0.3) is 11.1 Å². The van der Waals surface area contributed by atoms with Crippen LogP contribution < -0.4 is 16.0 Å². The second kappa shape index (κ2) is 10.0. The molecule has 0 unspecified atom stereocenters. The Balaban J connectivity index is 1.41. The number of benzene rings is 2. The summed E-state index contributed by atoms with van der Waals surface area (Å²) >= 11 is 0. The highest BCUT2D eigenvalue weighted by Crippen LogP contribution is 2.31. The third-order valence-electron chi connectivity index (χ3n) is 5.67. The fourth-order valence-electron chi connectivity index (χ4n) is 3.74. The van der Waals surface area contributed by atoms with Crippen molar-refractivity contribution < 1.29 is 19.1 Å². The summed E-state index contributed by atoms with van der Waals surface area (Å²) in [6.45, 7) is 1.34. The Hall–Kier alpha value is -3.75. The van der Waals surface area contributed by atoms with Crippen LogP contribution in [0.5, 0.6) is 0 Å². The van der Waals surface area contributed by atoms with Crippen LogP contribution in [0.4, 0.5) is 17.2 Å². The van der Waals surface area contributed by atoms with Crippen molar-refractivity contribution in [3.63, 3.8) is 0 Å². The van der Waals surface area contributed by atoms with E-state index in [0.717, 1.165) is 35.3 Å². The number of carbonyl (C=O) groups excluding carboxylic acids is 2. The Bertz CT molecular complexity index is 1170. The lowest BCUT2D eigenvalue weighted by Gasteiger charge is -2.14. The van der Waals surface area contributed by atoms with Gasteiger partial charge in [-0.2, -0.15) is 0 Å². The third kappa shape index (κ3) is 5.59. The van der Waals surface area contributed by atoms with Crippen molar-refractivity contribution in [3.8, 4) is 11.1 Å². The van der Waals surface area contributed by atoms with E-state index in [1.807, 2.05) is 54.6 Å². The third-order valence-corrected chi connectivity index (χ3v) is 5.67. The maximum absolute atomic E-state index is 13.0. The number of aromatic nitrogens is 1. The van der Waals surface area contributed by atoms with Crippen molar-refractivity contribution >= 4 is 29.0 Å². The first-order valence-corrected chi connectivity index (χ1v) is 11.4. The first kappa shape index (κ1) is 22.1. The van der Waals surface area contributed by atoms with E-state index in [-0.39, 0.29) is 24.3 Å². The zero-order chi connectivity index (χ0) is 23.3. The molecule has 2 aromatic carbocycles. The Kier molecular flexibility index (Phi) is 6.51. The van der Waals surface area contributed by atoms with Gasteiger partial charge in [0, 0.05) is 29.1 Å². The van der Waals surface area contributed by atoms with Gasteiger partial charge in [-0.3, -0.25) is 9.59 Å². The quantitative estimate of drug-likeness (QED) is 0.473. The van der Waals surface area contributed by atoms with Gasteiger partial charge in [0.15, 0.2) is 6.29 Å². The summed E-state index contributed by atoms with van der Waals surface area (Å²) in [6.07, 6.45) is 3.08. The number of pyridine rings is 1. The Morgan fingerprint density at radius 2 is 1.71 bits per heavy atom. The fraction of sp³-hybridized carbons (Fsp3) is 0.269. The van der Waals surface area contributed by atoms with Crippen LogP contribution in [0.3, 0.4) is 0 Å². The topological polar surface area (TPSA) is 102 Å². The Morgan fingerprint density at radius 1 is 0.912 bits per heavy atom. The summed E-state index contributed by atoms with van der Waals surface area (Å²) < 4.78 is 10.8. The number of nitrogens with one attached hydrogen (secondary N) is 3. The Labute approximate surface area is 197 Å². The molecule has 0 atom stereocenters. The molecule has 2 aliphatic rings. The zero-order valence-corrected chi connectivity index (χ0v) is 18.6. The van der Waals surface area contributed by atoms with Gasteiger partial charge in [0.05, 0.1) is 19.8 Å². The van der Waals surface area contributed by atoms with E-state index in [0.29, 0.717) is 24.6 Å². The highest BCUT2D eigenvalue weighted by atomic mass is 16.7. The van der Waals surface area contributed by atoms with Crippen molar-refractivity contribution in [2.24, 2.45) is 5.92 Å². The number of rotatable bonds is 8. The van der Waals surface area contributed by atoms with E-state index in [1.54, 1.807) is 12.3 Å². The van der Waals surface area contributed by atoms with E-state index in [4.69, 9.17) is 9.47 Å². The number of carbonyl (C=O) groups is 2. The number of nitrogens with zero attached hydrogens (tertiary/aromatic N) is 1. The highest BCUT2D eigenvalue weighted by Gasteiger charge is 2.29. The smallest absolute Gasteiger partial charge is 0.251 e. The molecule has 3 N–H and O–H groups in total. The number of para-hydroxylation sites is 1. The van der Waals surface area contributed by atoms with Crippen LogP contribution in [0.15, 0.2) is 66.9 Å². The molecule has 8 nitrogen and oxygen atoms in total. The minimum atomic E-state index is -0.424. The average molecular weight is 459 g/mol. The molecule has 2 fully saturated rings. The van der Waals surface area contributed by atoms with Crippen LogP contribution in [0, 0.1) is 5.92 Å². The molecule has 3 aromatic rings. The van der Waals surface area contributed by atoms with Crippen LogP contribution in [-0.2, 0) is 14.3 Å². The van der Waals surface area contributed by atoms with Crippen molar-refractivity contribution in [3.05, 3.63) is 72.4 Å². The molecule has 2 heterocycles. The van der Waals surface area contributed by atoms with Crippen LogP contribution in [0.2, 0.25) is 0 Å². The highest BCUT2D eigenvalue weighted by molar-refractivity contribution is 5.97. The zero-order valence-electron chi connectivity index (χ0n) is 18.6. The fourth-order valence-corrected chi connectivity index (χ4v) is 3.74. The molecule has 8 heteroatoms. The first-order valence-electron chi connectivity index (χ1n) is 11.4. The maximum atomic E-state index is 13.0. The molecular formula is C26H26N4O4.